The van der Waals surface area contributed by atoms with E-state index in [1.807, 2.05) is 0 Å². The number of aromatic nitrogens is 2. The highest BCUT2D eigenvalue weighted by atomic mass is 35.5. The van der Waals surface area contributed by atoms with Crippen molar-refractivity contribution in [1.29, 1.82) is 0 Å². The molecule has 1 aromatic heterocycles. The number of rotatable bonds is 4. The molecule has 0 aromatic carbocycles. The minimum atomic E-state index is -0.316. The van der Waals surface area contributed by atoms with Gasteiger partial charge in [0.2, 0.25) is 5.91 Å². The van der Waals surface area contributed by atoms with Crippen molar-refractivity contribution in [2.75, 3.05) is 20.6 Å². The molecule has 92 valence electrons. The Kier molecular flexibility index (Phi) is 4.84. The first kappa shape index (κ1) is 13.4. The third-order valence-electron chi connectivity index (χ3n) is 2.12. The average molecular weight is 257 g/mol. The smallest absolute Gasteiger partial charge is 0.273 e. The fraction of sp³-hybridized carbons (Fsp3) is 0.400. The third-order valence-corrected chi connectivity index (χ3v) is 2.31. The van der Waals surface area contributed by atoms with Gasteiger partial charge in [-0.05, 0) is 0 Å². The number of nitrogens with zero attached hydrogens (tertiary/aromatic N) is 3. The highest BCUT2D eigenvalue weighted by molar-refractivity contribution is 6.29. The lowest BCUT2D eigenvalue weighted by atomic mass is 10.3. The Balaban J connectivity index is 2.61. The van der Waals surface area contributed by atoms with Gasteiger partial charge in [-0.15, -0.1) is 0 Å². The molecule has 0 unspecified atom stereocenters. The van der Waals surface area contributed by atoms with Crippen molar-refractivity contribution in [3.63, 3.8) is 0 Å². The van der Waals surface area contributed by atoms with Crippen LogP contribution in [0.5, 0.6) is 0 Å². The van der Waals surface area contributed by atoms with Gasteiger partial charge in [0, 0.05) is 27.1 Å². The number of nitrogens with one attached hydrogen (secondary N) is 1. The van der Waals surface area contributed by atoms with E-state index in [-0.39, 0.29) is 29.1 Å². The molecule has 1 aromatic rings. The SMILES string of the molecule is CNC(=O)CCN(C)C(=O)c1cncc(Cl)n1. The van der Waals surface area contributed by atoms with E-state index in [9.17, 15) is 9.59 Å². The summed E-state index contributed by atoms with van der Waals surface area (Å²) in [7, 11) is 3.14. The van der Waals surface area contributed by atoms with Crippen molar-refractivity contribution < 1.29 is 9.59 Å². The standard InChI is InChI=1S/C10H13ClN4O2/c1-12-9(16)3-4-15(2)10(17)7-5-13-6-8(11)14-7/h5-6H,3-4H2,1-2H3,(H,12,16). The van der Waals surface area contributed by atoms with E-state index in [2.05, 4.69) is 15.3 Å². The van der Waals surface area contributed by atoms with Gasteiger partial charge in [-0.25, -0.2) is 4.98 Å². The van der Waals surface area contributed by atoms with Crippen LogP contribution in [-0.4, -0.2) is 47.3 Å². The lowest BCUT2D eigenvalue weighted by Gasteiger charge is -2.15. The van der Waals surface area contributed by atoms with Crippen LogP contribution in [0.2, 0.25) is 5.15 Å². The molecule has 0 aliphatic carbocycles. The van der Waals surface area contributed by atoms with Crippen LogP contribution in [0.4, 0.5) is 0 Å². The summed E-state index contributed by atoms with van der Waals surface area (Å²) < 4.78 is 0. The molecule has 0 saturated heterocycles. The molecule has 0 saturated carbocycles. The summed E-state index contributed by atoms with van der Waals surface area (Å²) in [6.45, 7) is 0.312. The van der Waals surface area contributed by atoms with Crippen LogP contribution >= 0.6 is 11.6 Å². The van der Waals surface area contributed by atoms with Gasteiger partial charge in [0.1, 0.15) is 10.8 Å². The van der Waals surface area contributed by atoms with Crippen LogP contribution in [0.25, 0.3) is 0 Å². The third kappa shape index (κ3) is 3.99. The van der Waals surface area contributed by atoms with Crippen LogP contribution in [0.15, 0.2) is 12.4 Å². The quantitative estimate of drug-likeness (QED) is 0.843. The summed E-state index contributed by atoms with van der Waals surface area (Å²) in [5, 5.41) is 2.64. The summed E-state index contributed by atoms with van der Waals surface area (Å²) in [4.78, 5) is 31.9. The van der Waals surface area contributed by atoms with E-state index < -0.39 is 0 Å². The van der Waals surface area contributed by atoms with Crippen molar-refractivity contribution in [3.8, 4) is 0 Å². The highest BCUT2D eigenvalue weighted by Crippen LogP contribution is 2.05. The molecule has 0 spiro atoms. The molecule has 1 rings (SSSR count). The molecule has 2 amide bonds. The second-order valence-corrected chi connectivity index (χ2v) is 3.76. The Morgan fingerprint density at radius 3 is 2.76 bits per heavy atom. The number of halogens is 1. The van der Waals surface area contributed by atoms with Crippen LogP contribution in [0.3, 0.4) is 0 Å². The lowest BCUT2D eigenvalue weighted by molar-refractivity contribution is -0.120. The maximum Gasteiger partial charge on any atom is 0.273 e. The molecule has 0 fully saturated rings. The van der Waals surface area contributed by atoms with Crippen molar-refractivity contribution in [1.82, 2.24) is 20.2 Å². The van der Waals surface area contributed by atoms with Crippen molar-refractivity contribution in [2.45, 2.75) is 6.42 Å². The summed E-state index contributed by atoms with van der Waals surface area (Å²) in [5.41, 5.74) is 0.164. The number of hydrogen-bond acceptors (Lipinski definition) is 4. The van der Waals surface area contributed by atoms with Gasteiger partial charge in [0.25, 0.3) is 5.91 Å². The van der Waals surface area contributed by atoms with E-state index in [1.54, 1.807) is 14.1 Å². The summed E-state index contributed by atoms with van der Waals surface area (Å²) in [6.07, 6.45) is 2.93. The van der Waals surface area contributed by atoms with E-state index in [4.69, 9.17) is 11.6 Å². The molecule has 0 radical (unpaired) electrons. The first-order chi connectivity index (χ1) is 8.04. The Hall–Kier alpha value is -1.69. The van der Waals surface area contributed by atoms with Crippen molar-refractivity contribution >= 4 is 23.4 Å². The first-order valence-electron chi connectivity index (χ1n) is 4.98. The molecule has 0 aliphatic rings. The minimum absolute atomic E-state index is 0.123. The molecule has 0 atom stereocenters. The Morgan fingerprint density at radius 1 is 1.47 bits per heavy atom. The summed E-state index contributed by atoms with van der Waals surface area (Å²) in [5.74, 6) is -0.439. The van der Waals surface area contributed by atoms with E-state index in [1.165, 1.54) is 17.3 Å². The highest BCUT2D eigenvalue weighted by Gasteiger charge is 2.14. The lowest BCUT2D eigenvalue weighted by Crippen LogP contribution is -2.31. The van der Waals surface area contributed by atoms with Gasteiger partial charge >= 0.3 is 0 Å². The normalized spacial score (nSPS) is 9.82. The van der Waals surface area contributed by atoms with Gasteiger partial charge in [0.05, 0.1) is 12.4 Å². The molecule has 0 bridgehead atoms. The Morgan fingerprint density at radius 2 is 2.18 bits per heavy atom. The number of amides is 2. The van der Waals surface area contributed by atoms with E-state index in [0.29, 0.717) is 6.54 Å². The molecule has 1 heterocycles. The van der Waals surface area contributed by atoms with E-state index in [0.717, 1.165) is 0 Å². The second-order valence-electron chi connectivity index (χ2n) is 3.38. The second kappa shape index (κ2) is 6.15. The monoisotopic (exact) mass is 256 g/mol. The molecule has 1 N–H and O–H groups in total. The van der Waals surface area contributed by atoms with Crippen LogP contribution in [-0.2, 0) is 4.79 Å². The summed E-state index contributed by atoms with van der Waals surface area (Å²) >= 11 is 5.64. The fourth-order valence-electron chi connectivity index (χ4n) is 1.14. The average Bonchev–Trinajstić information content (AvgIpc) is 2.34. The van der Waals surface area contributed by atoms with Gasteiger partial charge in [-0.2, -0.15) is 0 Å². The molecule has 17 heavy (non-hydrogen) atoms. The maximum atomic E-state index is 11.8. The van der Waals surface area contributed by atoms with Crippen LogP contribution in [0, 0.1) is 0 Å². The number of hydrogen-bond donors (Lipinski definition) is 1. The Labute approximate surface area is 104 Å². The number of carbonyl (C=O) groups excluding carboxylic acids is 2. The predicted octanol–water partition coefficient (Wildman–Crippen LogP) is 0.338. The molecular weight excluding hydrogens is 244 g/mol. The molecule has 0 aliphatic heterocycles. The van der Waals surface area contributed by atoms with Gasteiger partial charge in [-0.1, -0.05) is 11.6 Å². The van der Waals surface area contributed by atoms with Crippen LogP contribution in [0.1, 0.15) is 16.9 Å². The summed E-state index contributed by atoms with van der Waals surface area (Å²) in [6, 6.07) is 0. The molecular formula is C10H13ClN4O2. The molecule has 6 nitrogen and oxygen atoms in total. The zero-order valence-corrected chi connectivity index (χ0v) is 10.4. The zero-order valence-electron chi connectivity index (χ0n) is 9.61. The fourth-order valence-corrected chi connectivity index (χ4v) is 1.28. The van der Waals surface area contributed by atoms with Gasteiger partial charge in [-0.3, -0.25) is 14.6 Å². The van der Waals surface area contributed by atoms with E-state index >= 15 is 0 Å². The Bertz CT molecular complexity index is 425. The largest absolute Gasteiger partial charge is 0.359 e. The molecule has 7 heteroatoms. The predicted molar refractivity (Wildman–Crippen MR) is 62.7 cm³/mol. The van der Waals surface area contributed by atoms with Crippen LogP contribution < -0.4 is 5.32 Å². The number of carbonyl (C=O) groups is 2. The zero-order chi connectivity index (χ0) is 12.8. The first-order valence-corrected chi connectivity index (χ1v) is 5.36. The minimum Gasteiger partial charge on any atom is -0.359 e. The van der Waals surface area contributed by atoms with Crippen molar-refractivity contribution in [3.05, 3.63) is 23.2 Å². The maximum absolute atomic E-state index is 11.8. The van der Waals surface area contributed by atoms with Gasteiger partial charge in [0.15, 0.2) is 0 Å². The topological polar surface area (TPSA) is 75.2 Å². The van der Waals surface area contributed by atoms with Gasteiger partial charge < -0.3 is 10.2 Å². The van der Waals surface area contributed by atoms with Crippen molar-refractivity contribution in [2.24, 2.45) is 0 Å².